The first kappa shape index (κ1) is 20.6. The van der Waals surface area contributed by atoms with Crippen LogP contribution in [0, 0.1) is 5.92 Å². The summed E-state index contributed by atoms with van der Waals surface area (Å²) in [6, 6.07) is 10.6. The number of para-hydroxylation sites is 1. The van der Waals surface area contributed by atoms with E-state index in [-0.39, 0.29) is 0 Å². The number of anilines is 1. The minimum absolute atomic E-state index is 0.862. The molecule has 5 heteroatoms. The van der Waals surface area contributed by atoms with Gasteiger partial charge < -0.3 is 20.4 Å². The normalized spacial score (nSPS) is 16.5. The highest BCUT2D eigenvalue weighted by atomic mass is 15.2. The molecule has 1 aliphatic heterocycles. The van der Waals surface area contributed by atoms with E-state index in [9.17, 15) is 0 Å². The Bertz CT molecular complexity index is 508. The molecule has 5 nitrogen and oxygen atoms in total. The summed E-state index contributed by atoms with van der Waals surface area (Å²) in [7, 11) is 4.07. The molecule has 1 aromatic carbocycles. The number of likely N-dealkylation sites (tertiary alicyclic amines) is 1. The number of aliphatic imine (C=N–C) groups is 1. The summed E-state index contributed by atoms with van der Waals surface area (Å²) in [6.07, 6.45) is 5.00. The molecule has 0 unspecified atom stereocenters. The molecule has 2 N–H and O–H groups in total. The average Bonchev–Trinajstić information content (AvgIpc) is 2.68. The van der Waals surface area contributed by atoms with Crippen LogP contribution in [0.5, 0.6) is 0 Å². The number of hydrogen-bond acceptors (Lipinski definition) is 3. The molecule has 0 spiro atoms. The number of benzene rings is 1. The molecule has 26 heavy (non-hydrogen) atoms. The third kappa shape index (κ3) is 7.24. The van der Waals surface area contributed by atoms with Crippen molar-refractivity contribution in [3.05, 3.63) is 30.3 Å². The number of rotatable bonds is 9. The fraction of sp³-hybridized carbons (Fsp3) is 0.667. The lowest BCUT2D eigenvalue weighted by molar-refractivity contribution is 0.213. The Hall–Kier alpha value is -1.75. The summed E-state index contributed by atoms with van der Waals surface area (Å²) in [5.41, 5.74) is 1.30. The van der Waals surface area contributed by atoms with E-state index in [1.54, 1.807) is 0 Å². The molecular formula is C21H37N5. The molecule has 2 rings (SSSR count). The van der Waals surface area contributed by atoms with Crippen molar-refractivity contribution in [2.45, 2.75) is 32.6 Å². The predicted molar refractivity (Wildman–Crippen MR) is 113 cm³/mol. The second-order valence-electron chi connectivity index (χ2n) is 7.23. The van der Waals surface area contributed by atoms with Crippen LogP contribution >= 0.6 is 0 Å². The maximum Gasteiger partial charge on any atom is 0.190 e. The zero-order valence-electron chi connectivity index (χ0n) is 16.9. The minimum Gasteiger partial charge on any atom is -0.372 e. The van der Waals surface area contributed by atoms with Crippen molar-refractivity contribution in [2.75, 3.05) is 58.3 Å². The van der Waals surface area contributed by atoms with Crippen LogP contribution in [0.25, 0.3) is 0 Å². The zero-order chi connectivity index (χ0) is 18.6. The van der Waals surface area contributed by atoms with Crippen molar-refractivity contribution in [3.8, 4) is 0 Å². The van der Waals surface area contributed by atoms with Crippen LogP contribution in [0.15, 0.2) is 35.3 Å². The predicted octanol–water partition coefficient (Wildman–Crippen LogP) is 2.80. The lowest BCUT2D eigenvalue weighted by Gasteiger charge is -2.29. The van der Waals surface area contributed by atoms with Gasteiger partial charge in [0.15, 0.2) is 5.96 Å². The molecule has 1 aliphatic rings. The van der Waals surface area contributed by atoms with Gasteiger partial charge in [0.05, 0.1) is 0 Å². The fourth-order valence-electron chi connectivity index (χ4n) is 3.55. The van der Waals surface area contributed by atoms with Gasteiger partial charge in [-0.2, -0.15) is 0 Å². The van der Waals surface area contributed by atoms with Gasteiger partial charge in [-0.25, -0.2) is 0 Å². The third-order valence-corrected chi connectivity index (χ3v) is 5.31. The first-order chi connectivity index (χ1) is 12.7. The van der Waals surface area contributed by atoms with Gasteiger partial charge >= 0.3 is 0 Å². The van der Waals surface area contributed by atoms with Gasteiger partial charge in [-0.3, -0.25) is 4.99 Å². The number of nitrogens with one attached hydrogen (secondary N) is 2. The van der Waals surface area contributed by atoms with E-state index in [4.69, 9.17) is 0 Å². The number of guanidine groups is 1. The second-order valence-corrected chi connectivity index (χ2v) is 7.23. The molecule has 0 amide bonds. The smallest absolute Gasteiger partial charge is 0.190 e. The van der Waals surface area contributed by atoms with Gasteiger partial charge in [0.2, 0.25) is 0 Å². The fourth-order valence-corrected chi connectivity index (χ4v) is 3.55. The monoisotopic (exact) mass is 359 g/mol. The maximum absolute atomic E-state index is 4.35. The highest BCUT2D eigenvalue weighted by molar-refractivity contribution is 5.79. The van der Waals surface area contributed by atoms with Crippen molar-refractivity contribution in [1.82, 2.24) is 15.5 Å². The molecule has 0 bridgehead atoms. The summed E-state index contributed by atoms with van der Waals surface area (Å²) in [4.78, 5) is 9.19. The first-order valence-electron chi connectivity index (χ1n) is 10.2. The SMILES string of the molecule is CCN(CCCNC(=NC)NCCC1CCN(C)CC1)c1ccccc1. The molecular weight excluding hydrogens is 322 g/mol. The molecule has 1 saturated heterocycles. The molecule has 0 aliphatic carbocycles. The van der Waals surface area contributed by atoms with Gasteiger partial charge in [0.25, 0.3) is 0 Å². The van der Waals surface area contributed by atoms with Crippen LogP contribution in [0.2, 0.25) is 0 Å². The van der Waals surface area contributed by atoms with Crippen LogP contribution in [0.1, 0.15) is 32.6 Å². The molecule has 146 valence electrons. The van der Waals surface area contributed by atoms with Crippen LogP contribution in [-0.4, -0.2) is 64.2 Å². The Morgan fingerprint density at radius 2 is 1.85 bits per heavy atom. The molecule has 1 heterocycles. The number of hydrogen-bond donors (Lipinski definition) is 2. The number of nitrogens with zero attached hydrogens (tertiary/aromatic N) is 3. The minimum atomic E-state index is 0.862. The maximum atomic E-state index is 4.35. The van der Waals surface area contributed by atoms with E-state index in [0.29, 0.717) is 0 Å². The van der Waals surface area contributed by atoms with Crippen molar-refractivity contribution in [3.63, 3.8) is 0 Å². The summed E-state index contributed by atoms with van der Waals surface area (Å²) < 4.78 is 0. The van der Waals surface area contributed by atoms with Crippen molar-refractivity contribution < 1.29 is 0 Å². The standard InChI is InChI=1S/C21H37N5/c1-4-26(20-9-6-5-7-10-20)16-8-14-23-21(22-2)24-15-11-19-12-17-25(3)18-13-19/h5-7,9-10,19H,4,8,11-18H2,1-3H3,(H2,22,23,24). The molecule has 0 atom stereocenters. The second kappa shape index (κ2) is 11.8. The van der Waals surface area contributed by atoms with E-state index in [1.807, 2.05) is 7.05 Å². The average molecular weight is 360 g/mol. The largest absolute Gasteiger partial charge is 0.372 e. The van der Waals surface area contributed by atoms with Gasteiger partial charge in [0.1, 0.15) is 0 Å². The van der Waals surface area contributed by atoms with Crippen LogP contribution in [-0.2, 0) is 0 Å². The Morgan fingerprint density at radius 3 is 2.50 bits per heavy atom. The van der Waals surface area contributed by atoms with Crippen molar-refractivity contribution >= 4 is 11.6 Å². The van der Waals surface area contributed by atoms with E-state index in [2.05, 4.69) is 69.7 Å². The molecule has 0 radical (unpaired) electrons. The van der Waals surface area contributed by atoms with Gasteiger partial charge in [-0.05, 0) is 70.8 Å². The number of piperidine rings is 1. The Balaban J connectivity index is 1.59. The quantitative estimate of drug-likeness (QED) is 0.404. The summed E-state index contributed by atoms with van der Waals surface area (Å²) in [6.45, 7) is 8.74. The molecule has 1 fully saturated rings. The molecule has 1 aromatic rings. The summed E-state index contributed by atoms with van der Waals surface area (Å²) in [5, 5.41) is 6.92. The van der Waals surface area contributed by atoms with Crippen molar-refractivity contribution in [1.29, 1.82) is 0 Å². The lowest BCUT2D eigenvalue weighted by Crippen LogP contribution is -2.40. The summed E-state index contributed by atoms with van der Waals surface area (Å²) in [5.74, 6) is 1.79. The van der Waals surface area contributed by atoms with Crippen molar-refractivity contribution in [2.24, 2.45) is 10.9 Å². The highest BCUT2D eigenvalue weighted by Crippen LogP contribution is 2.18. The van der Waals surface area contributed by atoms with Gasteiger partial charge in [-0.15, -0.1) is 0 Å². The van der Waals surface area contributed by atoms with E-state index in [0.717, 1.165) is 44.5 Å². The van der Waals surface area contributed by atoms with E-state index < -0.39 is 0 Å². The molecule has 0 aromatic heterocycles. The van der Waals surface area contributed by atoms with Gasteiger partial charge in [0, 0.05) is 38.9 Å². The highest BCUT2D eigenvalue weighted by Gasteiger charge is 2.16. The third-order valence-electron chi connectivity index (χ3n) is 5.31. The van der Waals surface area contributed by atoms with Crippen LogP contribution < -0.4 is 15.5 Å². The molecule has 0 saturated carbocycles. The lowest BCUT2D eigenvalue weighted by atomic mass is 9.94. The van der Waals surface area contributed by atoms with Crippen LogP contribution in [0.4, 0.5) is 5.69 Å². The first-order valence-corrected chi connectivity index (χ1v) is 10.2. The Kier molecular flexibility index (Phi) is 9.32. The van der Waals surface area contributed by atoms with E-state index in [1.165, 1.54) is 38.0 Å². The zero-order valence-corrected chi connectivity index (χ0v) is 16.9. The van der Waals surface area contributed by atoms with E-state index >= 15 is 0 Å². The summed E-state index contributed by atoms with van der Waals surface area (Å²) >= 11 is 0. The van der Waals surface area contributed by atoms with Crippen LogP contribution in [0.3, 0.4) is 0 Å². The van der Waals surface area contributed by atoms with Gasteiger partial charge in [-0.1, -0.05) is 18.2 Å². The topological polar surface area (TPSA) is 42.9 Å². The Morgan fingerprint density at radius 1 is 1.15 bits per heavy atom. The Labute approximate surface area is 159 Å².